The van der Waals surface area contributed by atoms with Crippen molar-refractivity contribution in [3.05, 3.63) is 0 Å². The lowest BCUT2D eigenvalue weighted by Gasteiger charge is -1.97. The molecule has 1 heteroatoms. The van der Waals surface area contributed by atoms with E-state index in [-0.39, 0.29) is 0 Å². The molecular formula is C11H17O. The van der Waals surface area contributed by atoms with E-state index < -0.39 is 0 Å². The molecule has 0 unspecified atom stereocenters. The van der Waals surface area contributed by atoms with E-state index in [1.54, 1.807) is 0 Å². The molecule has 0 spiro atoms. The molecule has 67 valence electrons. The van der Waals surface area contributed by atoms with Gasteiger partial charge in [0.05, 0.1) is 0 Å². The van der Waals surface area contributed by atoms with Crippen LogP contribution < -0.4 is 0 Å². The molecule has 1 nitrogen and oxygen atoms in total. The predicted octanol–water partition coefficient (Wildman–Crippen LogP) is 2.85. The number of rotatable bonds is 8. The second-order valence-electron chi connectivity index (χ2n) is 2.97. The van der Waals surface area contributed by atoms with Gasteiger partial charge in [0.1, 0.15) is 0 Å². The number of hydrogen-bond donors (Lipinski definition) is 0. The molecular weight excluding hydrogens is 148 g/mol. The highest BCUT2D eigenvalue weighted by Gasteiger charge is 1.90. The molecule has 12 heavy (non-hydrogen) atoms. The minimum atomic E-state index is 0.602. The Morgan fingerprint density at radius 3 is 1.83 bits per heavy atom. The third-order valence-corrected chi connectivity index (χ3v) is 1.85. The van der Waals surface area contributed by atoms with Crippen molar-refractivity contribution in [3.63, 3.8) is 0 Å². The van der Waals surface area contributed by atoms with Gasteiger partial charge in [0.15, 0.2) is 6.29 Å². The Kier molecular flexibility index (Phi) is 9.57. The monoisotopic (exact) mass is 165 g/mol. The highest BCUT2D eigenvalue weighted by atomic mass is 16.1. The molecule has 0 atom stereocenters. The van der Waals surface area contributed by atoms with Gasteiger partial charge in [-0.15, -0.1) is 12.3 Å². The van der Waals surface area contributed by atoms with E-state index >= 15 is 0 Å². The minimum absolute atomic E-state index is 0.602. The Labute approximate surface area is 75.5 Å². The molecule has 0 rings (SSSR count). The SMILES string of the molecule is C#CCCCCCCCC[C]=O. The van der Waals surface area contributed by atoms with Crippen molar-refractivity contribution in [1.82, 2.24) is 0 Å². The third-order valence-electron chi connectivity index (χ3n) is 1.85. The summed E-state index contributed by atoms with van der Waals surface area (Å²) in [5, 5.41) is 0. The van der Waals surface area contributed by atoms with Crippen LogP contribution in [0.1, 0.15) is 51.4 Å². The first kappa shape index (κ1) is 11.2. The average Bonchev–Trinajstić information content (AvgIpc) is 2.10. The van der Waals surface area contributed by atoms with Crippen molar-refractivity contribution in [2.24, 2.45) is 0 Å². The van der Waals surface area contributed by atoms with E-state index in [1.165, 1.54) is 19.3 Å². The van der Waals surface area contributed by atoms with Gasteiger partial charge in [-0.2, -0.15) is 0 Å². The molecule has 0 heterocycles. The van der Waals surface area contributed by atoms with Crippen LogP contribution in [0.5, 0.6) is 0 Å². The van der Waals surface area contributed by atoms with Crippen LogP contribution >= 0.6 is 0 Å². The lowest BCUT2D eigenvalue weighted by atomic mass is 10.1. The van der Waals surface area contributed by atoms with E-state index in [9.17, 15) is 4.79 Å². The predicted molar refractivity (Wildman–Crippen MR) is 51.5 cm³/mol. The molecule has 0 aromatic heterocycles. The second-order valence-corrected chi connectivity index (χ2v) is 2.97. The van der Waals surface area contributed by atoms with Crippen molar-refractivity contribution in [2.45, 2.75) is 51.4 Å². The molecule has 0 aromatic rings. The normalized spacial score (nSPS) is 9.25. The summed E-state index contributed by atoms with van der Waals surface area (Å²) in [4.78, 5) is 9.83. The van der Waals surface area contributed by atoms with Gasteiger partial charge in [-0.25, -0.2) is 0 Å². The van der Waals surface area contributed by atoms with Crippen LogP contribution in [-0.2, 0) is 4.79 Å². The van der Waals surface area contributed by atoms with Gasteiger partial charge in [-0.05, 0) is 12.8 Å². The van der Waals surface area contributed by atoms with Gasteiger partial charge < -0.3 is 0 Å². The Hall–Kier alpha value is -0.770. The molecule has 0 aliphatic carbocycles. The van der Waals surface area contributed by atoms with E-state index in [1.807, 2.05) is 6.29 Å². The first-order valence-corrected chi connectivity index (χ1v) is 4.70. The van der Waals surface area contributed by atoms with Crippen molar-refractivity contribution >= 4 is 6.29 Å². The molecule has 0 fully saturated rings. The Morgan fingerprint density at radius 1 is 0.833 bits per heavy atom. The summed E-state index contributed by atoms with van der Waals surface area (Å²) in [7, 11) is 0. The number of terminal acetylenes is 1. The van der Waals surface area contributed by atoms with Crippen molar-refractivity contribution in [2.75, 3.05) is 0 Å². The van der Waals surface area contributed by atoms with Crippen molar-refractivity contribution < 1.29 is 4.79 Å². The largest absolute Gasteiger partial charge is 0.291 e. The number of hydrogen-bond acceptors (Lipinski definition) is 1. The highest BCUT2D eigenvalue weighted by molar-refractivity contribution is 5.50. The summed E-state index contributed by atoms with van der Waals surface area (Å²) < 4.78 is 0. The zero-order chi connectivity index (χ0) is 9.07. The molecule has 0 amide bonds. The second kappa shape index (κ2) is 10.2. The average molecular weight is 165 g/mol. The third kappa shape index (κ3) is 9.23. The molecule has 0 aliphatic heterocycles. The maximum atomic E-state index is 9.83. The van der Waals surface area contributed by atoms with Crippen LogP contribution in [0, 0.1) is 12.3 Å². The zero-order valence-electron chi connectivity index (χ0n) is 7.64. The van der Waals surface area contributed by atoms with Gasteiger partial charge in [-0.1, -0.05) is 25.7 Å². The molecule has 0 aliphatic rings. The van der Waals surface area contributed by atoms with E-state index in [4.69, 9.17) is 6.42 Å². The highest BCUT2D eigenvalue weighted by Crippen LogP contribution is 2.07. The smallest absolute Gasteiger partial charge is 0.198 e. The van der Waals surface area contributed by atoms with Gasteiger partial charge in [0.2, 0.25) is 0 Å². The molecule has 0 bridgehead atoms. The number of carbonyl (C=O) groups excluding carboxylic acids is 1. The van der Waals surface area contributed by atoms with Crippen LogP contribution in [-0.4, -0.2) is 6.29 Å². The summed E-state index contributed by atoms with van der Waals surface area (Å²) in [6.07, 6.45) is 15.5. The fourth-order valence-corrected chi connectivity index (χ4v) is 1.13. The molecule has 0 aromatic carbocycles. The van der Waals surface area contributed by atoms with Crippen molar-refractivity contribution in [1.29, 1.82) is 0 Å². The topological polar surface area (TPSA) is 17.1 Å². The quantitative estimate of drug-likeness (QED) is 0.399. The van der Waals surface area contributed by atoms with Gasteiger partial charge in [0.25, 0.3) is 0 Å². The summed E-state index contributed by atoms with van der Waals surface area (Å²) >= 11 is 0. The summed E-state index contributed by atoms with van der Waals surface area (Å²) in [5.41, 5.74) is 0. The van der Waals surface area contributed by atoms with Gasteiger partial charge in [0, 0.05) is 12.8 Å². The molecule has 0 saturated heterocycles. The van der Waals surface area contributed by atoms with Crippen LogP contribution in [0.15, 0.2) is 0 Å². The Bertz CT molecular complexity index is 132. The van der Waals surface area contributed by atoms with Crippen LogP contribution in [0.25, 0.3) is 0 Å². The maximum Gasteiger partial charge on any atom is 0.198 e. The maximum absolute atomic E-state index is 9.83. The summed E-state index contributed by atoms with van der Waals surface area (Å²) in [6, 6.07) is 0. The molecule has 1 radical (unpaired) electrons. The first-order valence-electron chi connectivity index (χ1n) is 4.70. The van der Waals surface area contributed by atoms with Gasteiger partial charge >= 0.3 is 0 Å². The van der Waals surface area contributed by atoms with Crippen LogP contribution in [0.2, 0.25) is 0 Å². The first-order chi connectivity index (χ1) is 5.91. The Balaban J connectivity index is 2.82. The van der Waals surface area contributed by atoms with E-state index in [0.29, 0.717) is 6.42 Å². The van der Waals surface area contributed by atoms with Crippen LogP contribution in [0.4, 0.5) is 0 Å². The molecule has 0 N–H and O–H groups in total. The van der Waals surface area contributed by atoms with Gasteiger partial charge in [-0.3, -0.25) is 4.79 Å². The van der Waals surface area contributed by atoms with Crippen LogP contribution in [0.3, 0.4) is 0 Å². The summed E-state index contributed by atoms with van der Waals surface area (Å²) in [5.74, 6) is 2.63. The van der Waals surface area contributed by atoms with Crippen molar-refractivity contribution in [3.8, 4) is 12.3 Å². The summed E-state index contributed by atoms with van der Waals surface area (Å²) in [6.45, 7) is 0. The number of unbranched alkanes of at least 4 members (excludes halogenated alkanes) is 7. The fraction of sp³-hybridized carbons (Fsp3) is 0.727. The zero-order valence-corrected chi connectivity index (χ0v) is 7.64. The standard InChI is InChI=1S/C11H17O/c1-2-3-4-5-6-7-8-9-10-11-12/h1H,3-10H2. The van der Waals surface area contributed by atoms with E-state index in [2.05, 4.69) is 5.92 Å². The lowest BCUT2D eigenvalue weighted by molar-refractivity contribution is 0.541. The molecule has 0 saturated carbocycles. The Morgan fingerprint density at radius 2 is 1.33 bits per heavy atom. The van der Waals surface area contributed by atoms with E-state index in [0.717, 1.165) is 25.7 Å². The minimum Gasteiger partial charge on any atom is -0.291 e. The fourth-order valence-electron chi connectivity index (χ4n) is 1.13. The lowest BCUT2D eigenvalue weighted by Crippen LogP contribution is -1.80.